The molecule has 8 heteroatoms. The first kappa shape index (κ1) is 15.1. The van der Waals surface area contributed by atoms with Gasteiger partial charge in [0.15, 0.2) is 0 Å². The summed E-state index contributed by atoms with van der Waals surface area (Å²) in [6.45, 7) is 1.34. The van der Waals surface area contributed by atoms with Gasteiger partial charge in [0.2, 0.25) is 5.91 Å². The second-order valence-electron chi connectivity index (χ2n) is 5.54. The number of anilines is 1. The first-order valence-corrected chi connectivity index (χ1v) is 6.98. The number of halogens is 4. The van der Waals surface area contributed by atoms with Crippen molar-refractivity contribution in [1.82, 2.24) is 10.6 Å². The number of nitrogens with one attached hydrogen (secondary N) is 2. The van der Waals surface area contributed by atoms with Gasteiger partial charge in [0.25, 0.3) is 0 Å². The smallest absolute Gasteiger partial charge is 0.339 e. The van der Waals surface area contributed by atoms with Gasteiger partial charge < -0.3 is 15.5 Å². The van der Waals surface area contributed by atoms with Gasteiger partial charge >= 0.3 is 6.18 Å². The second kappa shape index (κ2) is 5.12. The molecule has 22 heavy (non-hydrogen) atoms. The SMILES string of the molecule is O=C1NCN(c2ccc(F)c(C(F)(F)F)c2)C12CCNCC2. The van der Waals surface area contributed by atoms with Crippen molar-refractivity contribution in [3.05, 3.63) is 29.6 Å². The highest BCUT2D eigenvalue weighted by Gasteiger charge is 2.49. The van der Waals surface area contributed by atoms with E-state index < -0.39 is 23.1 Å². The Bertz CT molecular complexity index is 596. The molecule has 4 nitrogen and oxygen atoms in total. The third-order valence-corrected chi connectivity index (χ3v) is 4.33. The van der Waals surface area contributed by atoms with Gasteiger partial charge in [-0.3, -0.25) is 4.79 Å². The van der Waals surface area contributed by atoms with E-state index in [1.165, 1.54) is 6.07 Å². The molecule has 1 aromatic rings. The molecular weight excluding hydrogens is 302 g/mol. The summed E-state index contributed by atoms with van der Waals surface area (Å²) in [6.07, 6.45) is -3.77. The van der Waals surface area contributed by atoms with Gasteiger partial charge in [-0.05, 0) is 44.1 Å². The molecule has 2 N–H and O–H groups in total. The van der Waals surface area contributed by atoms with Gasteiger partial charge in [-0.15, -0.1) is 0 Å². The number of rotatable bonds is 1. The van der Waals surface area contributed by atoms with E-state index in [0.717, 1.165) is 12.1 Å². The molecule has 3 rings (SSSR count). The van der Waals surface area contributed by atoms with Crippen molar-refractivity contribution in [2.45, 2.75) is 24.6 Å². The summed E-state index contributed by atoms with van der Waals surface area (Å²) < 4.78 is 52.1. The summed E-state index contributed by atoms with van der Waals surface area (Å²) in [5.41, 5.74) is -1.96. The van der Waals surface area contributed by atoms with Crippen LogP contribution in [0.2, 0.25) is 0 Å². The summed E-state index contributed by atoms with van der Waals surface area (Å²) in [5.74, 6) is -1.50. The third-order valence-electron chi connectivity index (χ3n) is 4.33. The Morgan fingerprint density at radius 3 is 2.50 bits per heavy atom. The monoisotopic (exact) mass is 317 g/mol. The quantitative estimate of drug-likeness (QED) is 0.777. The van der Waals surface area contributed by atoms with E-state index in [2.05, 4.69) is 10.6 Å². The Hall–Kier alpha value is -1.83. The zero-order valence-corrected chi connectivity index (χ0v) is 11.6. The number of piperidine rings is 1. The fourth-order valence-electron chi connectivity index (χ4n) is 3.16. The molecule has 2 heterocycles. The molecular formula is C14H15F4N3O. The summed E-state index contributed by atoms with van der Waals surface area (Å²) in [7, 11) is 0. The highest BCUT2D eigenvalue weighted by Crippen LogP contribution is 2.38. The number of alkyl halides is 3. The Balaban J connectivity index is 2.01. The Labute approximate surface area is 124 Å². The molecule has 0 aromatic heterocycles. The highest BCUT2D eigenvalue weighted by molar-refractivity contribution is 5.93. The fourth-order valence-corrected chi connectivity index (χ4v) is 3.16. The van der Waals surface area contributed by atoms with Gasteiger partial charge in [0.1, 0.15) is 11.4 Å². The van der Waals surface area contributed by atoms with Crippen molar-refractivity contribution in [3.8, 4) is 0 Å². The largest absolute Gasteiger partial charge is 0.419 e. The first-order valence-electron chi connectivity index (χ1n) is 6.98. The topological polar surface area (TPSA) is 44.4 Å². The van der Waals surface area contributed by atoms with Gasteiger partial charge in [0, 0.05) is 5.69 Å². The van der Waals surface area contributed by atoms with Crippen LogP contribution < -0.4 is 15.5 Å². The fraction of sp³-hybridized carbons (Fsp3) is 0.500. The number of amides is 1. The molecule has 0 unspecified atom stereocenters. The van der Waals surface area contributed by atoms with Crippen molar-refractivity contribution < 1.29 is 22.4 Å². The van der Waals surface area contributed by atoms with Crippen molar-refractivity contribution >= 4 is 11.6 Å². The van der Waals surface area contributed by atoms with Crippen molar-refractivity contribution in [2.75, 3.05) is 24.7 Å². The van der Waals surface area contributed by atoms with Crippen LogP contribution in [-0.4, -0.2) is 31.2 Å². The van der Waals surface area contributed by atoms with E-state index in [4.69, 9.17) is 0 Å². The maximum Gasteiger partial charge on any atom is 0.419 e. The maximum atomic E-state index is 13.4. The summed E-state index contributed by atoms with van der Waals surface area (Å²) in [6, 6.07) is 2.86. The molecule has 2 saturated heterocycles. The zero-order valence-electron chi connectivity index (χ0n) is 11.6. The maximum absolute atomic E-state index is 13.4. The van der Waals surface area contributed by atoms with Crippen LogP contribution in [-0.2, 0) is 11.0 Å². The van der Waals surface area contributed by atoms with E-state index in [1.807, 2.05) is 0 Å². The van der Waals surface area contributed by atoms with Crippen LogP contribution in [0.15, 0.2) is 18.2 Å². The molecule has 0 atom stereocenters. The lowest BCUT2D eigenvalue weighted by Gasteiger charge is -2.40. The molecule has 0 radical (unpaired) electrons. The Morgan fingerprint density at radius 1 is 1.18 bits per heavy atom. The minimum absolute atomic E-state index is 0.127. The number of hydrogen-bond donors (Lipinski definition) is 2. The molecule has 0 saturated carbocycles. The molecule has 2 aliphatic rings. The predicted molar refractivity (Wildman–Crippen MR) is 71.7 cm³/mol. The average Bonchev–Trinajstić information content (AvgIpc) is 2.76. The predicted octanol–water partition coefficient (Wildman–Crippen LogP) is 1.86. The van der Waals surface area contributed by atoms with Gasteiger partial charge in [-0.2, -0.15) is 13.2 Å². The highest BCUT2D eigenvalue weighted by atomic mass is 19.4. The third kappa shape index (κ3) is 2.31. The molecule has 1 aromatic carbocycles. The van der Waals surface area contributed by atoms with Crippen LogP contribution in [0.5, 0.6) is 0 Å². The number of carbonyl (C=O) groups is 1. The lowest BCUT2D eigenvalue weighted by Crippen LogP contribution is -2.55. The van der Waals surface area contributed by atoms with Crippen LogP contribution in [0.25, 0.3) is 0 Å². The number of carbonyl (C=O) groups excluding carboxylic acids is 1. The number of benzene rings is 1. The van der Waals surface area contributed by atoms with Crippen molar-refractivity contribution in [1.29, 1.82) is 0 Å². The van der Waals surface area contributed by atoms with Crippen LogP contribution in [0.4, 0.5) is 23.2 Å². The van der Waals surface area contributed by atoms with E-state index in [1.54, 1.807) is 4.90 Å². The minimum atomic E-state index is -4.77. The summed E-state index contributed by atoms with van der Waals surface area (Å²) in [5, 5.41) is 5.81. The molecule has 0 aliphatic carbocycles. The van der Waals surface area contributed by atoms with E-state index in [9.17, 15) is 22.4 Å². The molecule has 120 valence electrons. The van der Waals surface area contributed by atoms with Crippen LogP contribution >= 0.6 is 0 Å². The number of hydrogen-bond acceptors (Lipinski definition) is 3. The van der Waals surface area contributed by atoms with Crippen LogP contribution in [0.3, 0.4) is 0 Å². The lowest BCUT2D eigenvalue weighted by molar-refractivity contribution is -0.139. The summed E-state index contributed by atoms with van der Waals surface area (Å²) in [4.78, 5) is 13.8. The summed E-state index contributed by atoms with van der Waals surface area (Å²) >= 11 is 0. The molecule has 0 bridgehead atoms. The van der Waals surface area contributed by atoms with Crippen LogP contribution in [0, 0.1) is 5.82 Å². The molecule has 2 aliphatic heterocycles. The van der Waals surface area contributed by atoms with Crippen LogP contribution in [0.1, 0.15) is 18.4 Å². The van der Waals surface area contributed by atoms with Gasteiger partial charge in [-0.25, -0.2) is 4.39 Å². The molecule has 2 fully saturated rings. The van der Waals surface area contributed by atoms with Gasteiger partial charge in [-0.1, -0.05) is 0 Å². The standard InChI is InChI=1S/C14H15F4N3O/c15-11-2-1-9(7-10(11)14(16,17)18)21-8-20-12(22)13(21)3-5-19-6-4-13/h1-2,7,19H,3-6,8H2,(H,20,22). The van der Waals surface area contributed by atoms with E-state index in [-0.39, 0.29) is 18.3 Å². The lowest BCUT2D eigenvalue weighted by atomic mass is 9.86. The molecule has 1 spiro atoms. The average molecular weight is 317 g/mol. The van der Waals surface area contributed by atoms with E-state index >= 15 is 0 Å². The number of nitrogens with zero attached hydrogens (tertiary/aromatic N) is 1. The Morgan fingerprint density at radius 2 is 1.86 bits per heavy atom. The van der Waals surface area contributed by atoms with Crippen molar-refractivity contribution in [2.24, 2.45) is 0 Å². The zero-order chi connectivity index (χ0) is 16.0. The normalized spacial score (nSPS) is 21.3. The van der Waals surface area contributed by atoms with E-state index in [0.29, 0.717) is 25.9 Å². The Kier molecular flexibility index (Phi) is 3.51. The first-order chi connectivity index (χ1) is 10.3. The van der Waals surface area contributed by atoms with Gasteiger partial charge in [0.05, 0.1) is 12.2 Å². The molecule has 1 amide bonds. The second-order valence-corrected chi connectivity index (χ2v) is 5.54. The van der Waals surface area contributed by atoms with Crippen molar-refractivity contribution in [3.63, 3.8) is 0 Å². The minimum Gasteiger partial charge on any atom is -0.339 e.